The average Bonchev–Trinajstić information content (AvgIpc) is 2.49. The van der Waals surface area contributed by atoms with Gasteiger partial charge in [0.1, 0.15) is 0 Å². The lowest BCUT2D eigenvalue weighted by Gasteiger charge is -2.01. The van der Waals surface area contributed by atoms with E-state index in [2.05, 4.69) is 9.69 Å². The van der Waals surface area contributed by atoms with Crippen LogP contribution in [0.1, 0.15) is 0 Å². The standard InChI is InChI=1S/C8H7N3S2/c9-8(12)10-6-2-1-5-4-13-11-7(5)3-6/h1-4H,(H3,9,10,12). The van der Waals surface area contributed by atoms with E-state index < -0.39 is 0 Å². The first-order valence-corrected chi connectivity index (χ1v) is 4.91. The smallest absolute Gasteiger partial charge is 0.168 e. The Balaban J connectivity index is 2.42. The van der Waals surface area contributed by atoms with Crippen LogP contribution in [-0.2, 0) is 0 Å². The molecular formula is C8H7N3S2. The molecule has 66 valence electrons. The maximum atomic E-state index is 5.35. The fourth-order valence-corrected chi connectivity index (χ4v) is 1.84. The van der Waals surface area contributed by atoms with Gasteiger partial charge < -0.3 is 11.1 Å². The first-order chi connectivity index (χ1) is 6.25. The largest absolute Gasteiger partial charge is 0.376 e. The molecule has 13 heavy (non-hydrogen) atoms. The van der Waals surface area contributed by atoms with Crippen LogP contribution in [0.5, 0.6) is 0 Å². The van der Waals surface area contributed by atoms with Gasteiger partial charge >= 0.3 is 0 Å². The van der Waals surface area contributed by atoms with Gasteiger partial charge in [0, 0.05) is 16.5 Å². The molecule has 1 aromatic heterocycles. The van der Waals surface area contributed by atoms with Gasteiger partial charge in [0.15, 0.2) is 5.11 Å². The van der Waals surface area contributed by atoms with Crippen molar-refractivity contribution in [2.75, 3.05) is 5.32 Å². The fraction of sp³-hybridized carbons (Fsp3) is 0. The summed E-state index contributed by atoms with van der Waals surface area (Å²) in [6.45, 7) is 0. The van der Waals surface area contributed by atoms with Crippen LogP contribution < -0.4 is 11.1 Å². The quantitative estimate of drug-likeness (QED) is 0.705. The van der Waals surface area contributed by atoms with Gasteiger partial charge in [-0.05, 0) is 41.9 Å². The number of thiocarbonyl (C=S) groups is 1. The second-order valence-electron chi connectivity index (χ2n) is 2.58. The van der Waals surface area contributed by atoms with Crippen LogP contribution in [0.2, 0.25) is 0 Å². The first kappa shape index (κ1) is 8.40. The first-order valence-electron chi connectivity index (χ1n) is 3.66. The summed E-state index contributed by atoms with van der Waals surface area (Å²) in [6, 6.07) is 5.83. The lowest BCUT2D eigenvalue weighted by molar-refractivity contribution is 1.61. The maximum Gasteiger partial charge on any atom is 0.168 e. The topological polar surface area (TPSA) is 50.9 Å². The Hall–Kier alpha value is -1.20. The lowest BCUT2D eigenvalue weighted by atomic mass is 10.2. The Morgan fingerprint density at radius 1 is 1.54 bits per heavy atom. The third-order valence-corrected chi connectivity index (χ3v) is 2.39. The van der Waals surface area contributed by atoms with Crippen molar-refractivity contribution in [3.63, 3.8) is 0 Å². The number of benzene rings is 1. The van der Waals surface area contributed by atoms with Gasteiger partial charge in [-0.3, -0.25) is 0 Å². The van der Waals surface area contributed by atoms with E-state index in [1.807, 2.05) is 23.6 Å². The Morgan fingerprint density at radius 3 is 3.15 bits per heavy atom. The number of fused-ring (bicyclic) bond motifs is 1. The van der Waals surface area contributed by atoms with E-state index in [9.17, 15) is 0 Å². The summed E-state index contributed by atoms with van der Waals surface area (Å²) in [4.78, 5) is 0. The molecule has 0 bridgehead atoms. The highest BCUT2D eigenvalue weighted by Gasteiger charge is 1.98. The molecule has 0 saturated heterocycles. The number of rotatable bonds is 1. The van der Waals surface area contributed by atoms with Crippen LogP contribution in [0.15, 0.2) is 23.6 Å². The van der Waals surface area contributed by atoms with Gasteiger partial charge in [-0.15, -0.1) is 0 Å². The van der Waals surface area contributed by atoms with Gasteiger partial charge in [-0.2, -0.15) is 4.37 Å². The summed E-state index contributed by atoms with van der Waals surface area (Å²) in [6.07, 6.45) is 0. The molecule has 1 aromatic carbocycles. The molecule has 0 aliphatic rings. The summed E-state index contributed by atoms with van der Waals surface area (Å²) in [5.74, 6) is 0. The molecule has 0 unspecified atom stereocenters. The molecule has 0 radical (unpaired) electrons. The highest BCUT2D eigenvalue weighted by Crippen LogP contribution is 2.19. The number of anilines is 1. The molecule has 3 N–H and O–H groups in total. The van der Waals surface area contributed by atoms with Crippen LogP contribution >= 0.6 is 23.8 Å². The van der Waals surface area contributed by atoms with Crippen LogP contribution in [0, 0.1) is 0 Å². The maximum absolute atomic E-state index is 5.35. The van der Waals surface area contributed by atoms with Crippen molar-refractivity contribution in [1.29, 1.82) is 0 Å². The molecule has 5 heteroatoms. The van der Waals surface area contributed by atoms with Crippen molar-refractivity contribution < 1.29 is 0 Å². The van der Waals surface area contributed by atoms with Crippen LogP contribution in [0.25, 0.3) is 10.9 Å². The Bertz CT molecular complexity index is 449. The van der Waals surface area contributed by atoms with Gasteiger partial charge in [-0.25, -0.2) is 0 Å². The zero-order valence-electron chi connectivity index (χ0n) is 6.65. The van der Waals surface area contributed by atoms with Crippen molar-refractivity contribution in [1.82, 2.24) is 4.37 Å². The molecule has 2 aromatic rings. The van der Waals surface area contributed by atoms with E-state index >= 15 is 0 Å². The highest BCUT2D eigenvalue weighted by atomic mass is 32.1. The number of nitrogens with one attached hydrogen (secondary N) is 1. The van der Waals surface area contributed by atoms with Crippen LogP contribution in [-0.4, -0.2) is 9.49 Å². The molecule has 0 amide bonds. The van der Waals surface area contributed by atoms with Crippen molar-refractivity contribution in [3.05, 3.63) is 23.6 Å². The van der Waals surface area contributed by atoms with E-state index in [-0.39, 0.29) is 5.11 Å². The summed E-state index contributed by atoms with van der Waals surface area (Å²) >= 11 is 6.17. The number of hydrogen-bond acceptors (Lipinski definition) is 3. The number of aromatic nitrogens is 1. The van der Waals surface area contributed by atoms with Crippen molar-refractivity contribution in [3.8, 4) is 0 Å². The van der Waals surface area contributed by atoms with Gasteiger partial charge in [0.2, 0.25) is 0 Å². The minimum atomic E-state index is 0.273. The molecule has 2 rings (SSSR count). The molecule has 0 spiro atoms. The molecular weight excluding hydrogens is 202 g/mol. The summed E-state index contributed by atoms with van der Waals surface area (Å²) < 4.78 is 4.20. The molecule has 1 heterocycles. The number of hydrogen-bond donors (Lipinski definition) is 2. The summed E-state index contributed by atoms with van der Waals surface area (Å²) in [5, 5.41) is 6.27. The van der Waals surface area contributed by atoms with Gasteiger partial charge in [-0.1, -0.05) is 0 Å². The second kappa shape index (κ2) is 3.27. The zero-order chi connectivity index (χ0) is 9.26. The Morgan fingerprint density at radius 2 is 2.38 bits per heavy atom. The highest BCUT2D eigenvalue weighted by molar-refractivity contribution is 7.80. The number of nitrogens with zero attached hydrogens (tertiary/aromatic N) is 1. The molecule has 3 nitrogen and oxygen atoms in total. The normalized spacial score (nSPS) is 10.2. The summed E-state index contributed by atoms with van der Waals surface area (Å²) in [7, 11) is 0. The van der Waals surface area contributed by atoms with E-state index in [1.54, 1.807) is 0 Å². The van der Waals surface area contributed by atoms with Crippen LogP contribution in [0.4, 0.5) is 5.69 Å². The Labute approximate surface area is 84.7 Å². The molecule has 0 atom stereocenters. The predicted octanol–water partition coefficient (Wildman–Crippen LogP) is 1.95. The average molecular weight is 209 g/mol. The molecule has 0 fully saturated rings. The van der Waals surface area contributed by atoms with Gasteiger partial charge in [0.25, 0.3) is 0 Å². The van der Waals surface area contributed by atoms with E-state index in [0.29, 0.717) is 0 Å². The Kier molecular flexibility index (Phi) is 2.12. The van der Waals surface area contributed by atoms with Crippen molar-refractivity contribution in [2.45, 2.75) is 0 Å². The van der Waals surface area contributed by atoms with E-state index in [4.69, 9.17) is 18.0 Å². The van der Waals surface area contributed by atoms with E-state index in [1.165, 1.54) is 11.5 Å². The van der Waals surface area contributed by atoms with Gasteiger partial charge in [0.05, 0.1) is 5.52 Å². The van der Waals surface area contributed by atoms with Crippen molar-refractivity contribution >= 4 is 45.5 Å². The third-order valence-electron chi connectivity index (χ3n) is 1.63. The molecule has 0 aliphatic carbocycles. The molecule has 0 saturated carbocycles. The summed E-state index contributed by atoms with van der Waals surface area (Å²) in [5.41, 5.74) is 7.19. The van der Waals surface area contributed by atoms with Crippen molar-refractivity contribution in [2.24, 2.45) is 5.73 Å². The third kappa shape index (κ3) is 1.76. The minimum Gasteiger partial charge on any atom is -0.376 e. The number of nitrogens with two attached hydrogens (primary N) is 1. The minimum absolute atomic E-state index is 0.273. The van der Waals surface area contributed by atoms with E-state index in [0.717, 1.165) is 16.6 Å². The SMILES string of the molecule is NC(=S)Nc1ccc2csnc2c1. The molecule has 0 aliphatic heterocycles. The zero-order valence-corrected chi connectivity index (χ0v) is 8.28. The predicted molar refractivity (Wildman–Crippen MR) is 60.0 cm³/mol. The van der Waals surface area contributed by atoms with Crippen LogP contribution in [0.3, 0.4) is 0 Å². The second-order valence-corrected chi connectivity index (χ2v) is 3.65. The lowest BCUT2D eigenvalue weighted by Crippen LogP contribution is -2.18. The fourth-order valence-electron chi connectivity index (χ4n) is 1.08. The monoisotopic (exact) mass is 209 g/mol.